The Labute approximate surface area is 350 Å². The van der Waals surface area contributed by atoms with Crippen LogP contribution in [0.1, 0.15) is 0 Å². The van der Waals surface area contributed by atoms with Gasteiger partial charge < -0.3 is 9.47 Å². The van der Waals surface area contributed by atoms with Gasteiger partial charge in [0.25, 0.3) is 0 Å². The number of rotatable bonds is 8. The smallest absolute Gasteiger partial charge is 0.0553 e. The van der Waals surface area contributed by atoms with Crippen molar-refractivity contribution in [2.75, 3.05) is 4.90 Å². The maximum absolute atomic E-state index is 2.42. The Morgan fingerprint density at radius 3 is 1.43 bits per heavy atom. The Bertz CT molecular complexity index is 3270. The lowest BCUT2D eigenvalue weighted by Gasteiger charge is -2.27. The molecule has 10 aromatic carbocycles. The number of nitrogens with zero attached hydrogens (tertiary/aromatic N) is 2. The third-order valence-electron chi connectivity index (χ3n) is 11.8. The molecule has 0 aliphatic heterocycles. The van der Waals surface area contributed by atoms with Gasteiger partial charge in [-0.2, -0.15) is 0 Å². The van der Waals surface area contributed by atoms with Crippen molar-refractivity contribution >= 4 is 49.6 Å². The topological polar surface area (TPSA) is 8.17 Å². The summed E-state index contributed by atoms with van der Waals surface area (Å²) >= 11 is 0. The molecule has 0 amide bonds. The molecule has 2 heteroatoms. The molecule has 2 nitrogen and oxygen atoms in total. The molecule has 0 spiro atoms. The molecule has 0 bridgehead atoms. The van der Waals surface area contributed by atoms with Crippen molar-refractivity contribution in [2.45, 2.75) is 0 Å². The van der Waals surface area contributed by atoms with E-state index < -0.39 is 0 Å². The van der Waals surface area contributed by atoms with E-state index in [0.29, 0.717) is 0 Å². The van der Waals surface area contributed by atoms with Crippen molar-refractivity contribution in [3.05, 3.63) is 243 Å². The highest BCUT2D eigenvalue weighted by molar-refractivity contribution is 6.23. The quantitative estimate of drug-likeness (QED) is 0.150. The second kappa shape index (κ2) is 15.1. The van der Waals surface area contributed by atoms with Crippen molar-refractivity contribution in [3.63, 3.8) is 0 Å². The SMILES string of the molecule is c1ccc(-c2ccc(N(c3ccc(-c4cccc(-c5ccccc5)c4)cc3)c3cccc(-c4c5ccccc5cc5c4c4ccccc4n5-c4ccccc4)c3)cc2)cc1. The van der Waals surface area contributed by atoms with Gasteiger partial charge in [0.1, 0.15) is 0 Å². The molecular formula is C58H40N2. The van der Waals surface area contributed by atoms with Crippen LogP contribution in [-0.2, 0) is 0 Å². The molecule has 0 aliphatic rings. The standard InChI is InChI=1S/C58H40N2/c1-4-16-41(17-5-1)43-30-34-50(35-31-43)59(51-36-32-44(33-37-51)46-22-14-21-45(38-46)42-18-6-2-7-19-42)52-26-15-23-48(39-52)57-53-27-11-10-20-47(53)40-56-58(57)54-28-12-13-29-55(54)60(56)49-24-8-3-9-25-49/h1-40H. The van der Waals surface area contributed by atoms with Crippen molar-refractivity contribution in [1.29, 1.82) is 0 Å². The summed E-state index contributed by atoms with van der Waals surface area (Å²) in [4.78, 5) is 2.39. The number of fused-ring (bicyclic) bond motifs is 4. The van der Waals surface area contributed by atoms with E-state index >= 15 is 0 Å². The maximum atomic E-state index is 2.42. The highest BCUT2D eigenvalue weighted by Crippen LogP contribution is 2.45. The van der Waals surface area contributed by atoms with Crippen molar-refractivity contribution in [2.24, 2.45) is 0 Å². The maximum Gasteiger partial charge on any atom is 0.0553 e. The average Bonchev–Trinajstić information content (AvgIpc) is 3.66. The minimum Gasteiger partial charge on any atom is -0.310 e. The molecular weight excluding hydrogens is 725 g/mol. The van der Waals surface area contributed by atoms with Crippen LogP contribution < -0.4 is 4.90 Å². The molecule has 60 heavy (non-hydrogen) atoms. The number of aromatic nitrogens is 1. The van der Waals surface area contributed by atoms with E-state index in [1.165, 1.54) is 77.1 Å². The van der Waals surface area contributed by atoms with E-state index in [2.05, 4.69) is 252 Å². The van der Waals surface area contributed by atoms with Crippen LogP contribution in [0.15, 0.2) is 243 Å². The zero-order valence-electron chi connectivity index (χ0n) is 33.0. The van der Waals surface area contributed by atoms with Crippen LogP contribution in [0.4, 0.5) is 17.1 Å². The largest absolute Gasteiger partial charge is 0.310 e. The molecule has 0 aliphatic carbocycles. The normalized spacial score (nSPS) is 11.3. The summed E-state index contributed by atoms with van der Waals surface area (Å²) in [6.07, 6.45) is 0. The molecule has 11 aromatic rings. The third-order valence-corrected chi connectivity index (χ3v) is 11.8. The number of anilines is 3. The lowest BCUT2D eigenvalue weighted by Crippen LogP contribution is -2.10. The fourth-order valence-electron chi connectivity index (χ4n) is 8.94. The lowest BCUT2D eigenvalue weighted by molar-refractivity contribution is 1.18. The van der Waals surface area contributed by atoms with E-state index in [1.54, 1.807) is 0 Å². The van der Waals surface area contributed by atoms with E-state index in [-0.39, 0.29) is 0 Å². The number of para-hydroxylation sites is 2. The van der Waals surface area contributed by atoms with Crippen molar-refractivity contribution in [1.82, 2.24) is 4.57 Å². The molecule has 282 valence electrons. The summed E-state index contributed by atoms with van der Waals surface area (Å²) in [6.45, 7) is 0. The first-order valence-electron chi connectivity index (χ1n) is 20.6. The summed E-state index contributed by atoms with van der Waals surface area (Å²) in [5.41, 5.74) is 16.4. The molecule has 0 fully saturated rings. The van der Waals surface area contributed by atoms with Crippen LogP contribution >= 0.6 is 0 Å². The second-order valence-electron chi connectivity index (χ2n) is 15.3. The average molecular weight is 765 g/mol. The number of hydrogen-bond acceptors (Lipinski definition) is 1. The Morgan fingerprint density at radius 1 is 0.283 bits per heavy atom. The molecule has 1 aromatic heterocycles. The third kappa shape index (κ3) is 6.32. The zero-order valence-corrected chi connectivity index (χ0v) is 33.0. The predicted molar refractivity (Wildman–Crippen MR) is 255 cm³/mol. The lowest BCUT2D eigenvalue weighted by atomic mass is 9.92. The van der Waals surface area contributed by atoms with E-state index in [1.807, 2.05) is 0 Å². The van der Waals surface area contributed by atoms with E-state index in [4.69, 9.17) is 0 Å². The monoisotopic (exact) mass is 764 g/mol. The first-order valence-corrected chi connectivity index (χ1v) is 20.6. The van der Waals surface area contributed by atoms with Crippen molar-refractivity contribution in [3.8, 4) is 50.2 Å². The molecule has 0 saturated heterocycles. The Morgan fingerprint density at radius 2 is 0.767 bits per heavy atom. The summed E-state index contributed by atoms with van der Waals surface area (Å²) in [6, 6.07) is 87.8. The van der Waals surface area contributed by atoms with Gasteiger partial charge in [-0.15, -0.1) is 0 Å². The van der Waals surface area contributed by atoms with Gasteiger partial charge >= 0.3 is 0 Å². The molecule has 0 atom stereocenters. The summed E-state index contributed by atoms with van der Waals surface area (Å²) in [7, 11) is 0. The molecule has 11 rings (SSSR count). The van der Waals surface area contributed by atoms with Gasteiger partial charge in [-0.1, -0.05) is 176 Å². The second-order valence-corrected chi connectivity index (χ2v) is 15.3. The first-order chi connectivity index (χ1) is 29.8. The van der Waals surface area contributed by atoms with E-state index in [0.717, 1.165) is 22.7 Å². The van der Waals surface area contributed by atoms with Crippen LogP contribution in [0, 0.1) is 0 Å². The fourth-order valence-corrected chi connectivity index (χ4v) is 8.94. The Kier molecular flexibility index (Phi) is 8.87. The van der Waals surface area contributed by atoms with Gasteiger partial charge in [-0.3, -0.25) is 0 Å². The summed E-state index contributed by atoms with van der Waals surface area (Å²) in [5.74, 6) is 0. The van der Waals surface area contributed by atoms with Gasteiger partial charge in [0, 0.05) is 33.5 Å². The Balaban J connectivity index is 1.08. The first kappa shape index (κ1) is 35.2. The highest BCUT2D eigenvalue weighted by Gasteiger charge is 2.21. The molecule has 0 unspecified atom stereocenters. The highest BCUT2D eigenvalue weighted by atomic mass is 15.1. The minimum atomic E-state index is 1.09. The van der Waals surface area contributed by atoms with Gasteiger partial charge in [-0.05, 0) is 122 Å². The van der Waals surface area contributed by atoms with Gasteiger partial charge in [0.05, 0.1) is 11.0 Å². The van der Waals surface area contributed by atoms with Crippen LogP contribution in [0.25, 0.3) is 82.8 Å². The zero-order chi connectivity index (χ0) is 39.8. The molecule has 0 N–H and O–H groups in total. The minimum absolute atomic E-state index is 1.09. The molecule has 0 radical (unpaired) electrons. The number of hydrogen-bond donors (Lipinski definition) is 0. The summed E-state index contributed by atoms with van der Waals surface area (Å²) in [5, 5.41) is 4.94. The van der Waals surface area contributed by atoms with Gasteiger partial charge in [-0.25, -0.2) is 0 Å². The van der Waals surface area contributed by atoms with Crippen LogP contribution in [0.3, 0.4) is 0 Å². The molecule has 0 saturated carbocycles. The Hall–Kier alpha value is -7.94. The fraction of sp³-hybridized carbons (Fsp3) is 0. The van der Waals surface area contributed by atoms with Crippen LogP contribution in [0.5, 0.6) is 0 Å². The van der Waals surface area contributed by atoms with Crippen LogP contribution in [0.2, 0.25) is 0 Å². The van der Waals surface area contributed by atoms with Crippen molar-refractivity contribution < 1.29 is 0 Å². The predicted octanol–water partition coefficient (Wildman–Crippen LogP) is 16.1. The summed E-state index contributed by atoms with van der Waals surface area (Å²) < 4.78 is 2.42. The number of benzene rings is 10. The van der Waals surface area contributed by atoms with E-state index in [9.17, 15) is 0 Å². The van der Waals surface area contributed by atoms with Gasteiger partial charge in [0.2, 0.25) is 0 Å². The molecule has 1 heterocycles. The van der Waals surface area contributed by atoms with Crippen LogP contribution in [-0.4, -0.2) is 4.57 Å². The van der Waals surface area contributed by atoms with Gasteiger partial charge in [0.15, 0.2) is 0 Å².